The molecular formula is C23H19N3O4. The summed E-state index contributed by atoms with van der Waals surface area (Å²) in [6, 6.07) is 17.1. The third kappa shape index (κ3) is 3.91. The topological polar surface area (TPSA) is 98.3 Å². The number of amides is 1. The summed E-state index contributed by atoms with van der Waals surface area (Å²) in [5.74, 6) is 0.259. The molecule has 4 rings (SSSR count). The van der Waals surface area contributed by atoms with Crippen molar-refractivity contribution in [3.8, 4) is 11.5 Å². The van der Waals surface area contributed by atoms with Crippen molar-refractivity contribution >= 4 is 22.7 Å². The Hall–Kier alpha value is -4.00. The van der Waals surface area contributed by atoms with E-state index in [9.17, 15) is 14.9 Å². The lowest BCUT2D eigenvalue weighted by molar-refractivity contribution is -0.384. The lowest BCUT2D eigenvalue weighted by Crippen LogP contribution is -2.22. The highest BCUT2D eigenvalue weighted by atomic mass is 16.6. The monoisotopic (exact) mass is 401 g/mol. The number of carbonyl (C=O) groups is 1. The first-order valence-electron chi connectivity index (χ1n) is 9.40. The van der Waals surface area contributed by atoms with Gasteiger partial charge in [0.2, 0.25) is 5.89 Å². The van der Waals surface area contributed by atoms with Gasteiger partial charge < -0.3 is 9.73 Å². The van der Waals surface area contributed by atoms with Crippen LogP contribution in [0.15, 0.2) is 65.1 Å². The van der Waals surface area contributed by atoms with Gasteiger partial charge in [-0.1, -0.05) is 12.1 Å². The van der Waals surface area contributed by atoms with Gasteiger partial charge in [0.15, 0.2) is 5.58 Å². The molecule has 0 atom stereocenters. The molecule has 1 heterocycles. The first-order chi connectivity index (χ1) is 14.4. The number of hydrogen-bond acceptors (Lipinski definition) is 5. The number of non-ortho nitro benzene ring substituents is 1. The van der Waals surface area contributed by atoms with Crippen LogP contribution < -0.4 is 5.32 Å². The number of aryl methyl sites for hydroxylation is 2. The molecule has 4 aromatic rings. The molecule has 0 bridgehead atoms. The molecule has 7 nitrogen and oxygen atoms in total. The summed E-state index contributed by atoms with van der Waals surface area (Å²) < 4.78 is 5.88. The van der Waals surface area contributed by atoms with Crippen LogP contribution in [0.1, 0.15) is 27.0 Å². The number of hydrogen-bond donors (Lipinski definition) is 1. The van der Waals surface area contributed by atoms with Crippen LogP contribution in [0.3, 0.4) is 0 Å². The van der Waals surface area contributed by atoms with Gasteiger partial charge in [0.25, 0.3) is 11.6 Å². The van der Waals surface area contributed by atoms with Crippen molar-refractivity contribution in [2.45, 2.75) is 20.4 Å². The first kappa shape index (κ1) is 19.3. The van der Waals surface area contributed by atoms with E-state index in [1.54, 1.807) is 0 Å². The normalized spacial score (nSPS) is 10.9. The number of benzene rings is 3. The Morgan fingerprint density at radius 1 is 1.03 bits per heavy atom. The van der Waals surface area contributed by atoms with Crippen LogP contribution in [-0.2, 0) is 6.54 Å². The van der Waals surface area contributed by atoms with Gasteiger partial charge >= 0.3 is 0 Å². The molecule has 0 spiro atoms. The van der Waals surface area contributed by atoms with Gasteiger partial charge in [0, 0.05) is 29.8 Å². The highest BCUT2D eigenvalue weighted by molar-refractivity contribution is 5.94. The average molecular weight is 401 g/mol. The number of oxazole rings is 1. The molecule has 0 aliphatic rings. The minimum atomic E-state index is -0.498. The predicted molar refractivity (Wildman–Crippen MR) is 113 cm³/mol. The molecule has 1 amide bonds. The van der Waals surface area contributed by atoms with Gasteiger partial charge in [-0.05, 0) is 66.9 Å². The zero-order valence-corrected chi connectivity index (χ0v) is 16.5. The molecule has 150 valence electrons. The quantitative estimate of drug-likeness (QED) is 0.377. The summed E-state index contributed by atoms with van der Waals surface area (Å²) in [6.45, 7) is 4.42. The standard InChI is InChI=1S/C23H19N3O4/c1-14-11-20-21(12-15(14)2)30-23(25-20)18-5-3-16(4-6-18)13-24-22(27)17-7-9-19(10-8-17)26(28)29/h3-12H,13H2,1-2H3,(H,24,27). The van der Waals surface area contributed by atoms with Crippen LogP contribution in [0, 0.1) is 24.0 Å². The minimum absolute atomic E-state index is 0.0494. The third-order valence-corrected chi connectivity index (χ3v) is 5.00. The molecule has 0 unspecified atom stereocenters. The van der Waals surface area contributed by atoms with Crippen LogP contribution in [0.4, 0.5) is 5.69 Å². The molecule has 0 saturated heterocycles. The highest BCUT2D eigenvalue weighted by Crippen LogP contribution is 2.26. The number of carbonyl (C=O) groups excluding carboxylic acids is 1. The van der Waals surface area contributed by atoms with Crippen molar-refractivity contribution in [1.82, 2.24) is 10.3 Å². The van der Waals surface area contributed by atoms with Crippen molar-refractivity contribution in [1.29, 1.82) is 0 Å². The van der Waals surface area contributed by atoms with E-state index in [1.165, 1.54) is 29.8 Å². The molecule has 0 aliphatic heterocycles. The van der Waals surface area contributed by atoms with Crippen molar-refractivity contribution in [2.24, 2.45) is 0 Å². The van der Waals surface area contributed by atoms with E-state index in [1.807, 2.05) is 50.2 Å². The van der Waals surface area contributed by atoms with Crippen molar-refractivity contribution in [3.63, 3.8) is 0 Å². The van der Waals surface area contributed by atoms with Crippen LogP contribution in [-0.4, -0.2) is 15.8 Å². The van der Waals surface area contributed by atoms with Crippen LogP contribution >= 0.6 is 0 Å². The van der Waals surface area contributed by atoms with E-state index in [0.29, 0.717) is 18.0 Å². The van der Waals surface area contributed by atoms with E-state index in [2.05, 4.69) is 10.3 Å². The number of aromatic nitrogens is 1. The molecule has 0 radical (unpaired) electrons. The molecule has 0 fully saturated rings. The minimum Gasteiger partial charge on any atom is -0.436 e. The summed E-state index contributed by atoms with van der Waals surface area (Å²) in [4.78, 5) is 27.0. The Kier molecular flexibility index (Phi) is 5.02. The van der Waals surface area contributed by atoms with E-state index in [4.69, 9.17) is 4.42 Å². The van der Waals surface area contributed by atoms with E-state index in [0.717, 1.165) is 27.8 Å². The Labute approximate surface area is 172 Å². The van der Waals surface area contributed by atoms with E-state index >= 15 is 0 Å². The van der Waals surface area contributed by atoms with Crippen LogP contribution in [0.25, 0.3) is 22.6 Å². The molecule has 7 heteroatoms. The molecule has 3 aromatic carbocycles. The van der Waals surface area contributed by atoms with E-state index < -0.39 is 4.92 Å². The number of nitrogens with zero attached hydrogens (tertiary/aromatic N) is 2. The molecule has 1 N–H and O–H groups in total. The number of nitro groups is 1. The van der Waals surface area contributed by atoms with Gasteiger partial charge in [-0.15, -0.1) is 0 Å². The average Bonchev–Trinajstić information content (AvgIpc) is 3.15. The van der Waals surface area contributed by atoms with Crippen LogP contribution in [0.2, 0.25) is 0 Å². The van der Waals surface area contributed by atoms with Gasteiger partial charge in [0.1, 0.15) is 5.52 Å². The maximum atomic E-state index is 12.2. The van der Waals surface area contributed by atoms with Crippen LogP contribution in [0.5, 0.6) is 0 Å². The Balaban J connectivity index is 1.43. The zero-order valence-electron chi connectivity index (χ0n) is 16.5. The maximum Gasteiger partial charge on any atom is 0.269 e. The third-order valence-electron chi connectivity index (χ3n) is 5.00. The number of fused-ring (bicyclic) bond motifs is 1. The fourth-order valence-corrected chi connectivity index (χ4v) is 3.09. The van der Waals surface area contributed by atoms with Crippen molar-refractivity contribution < 1.29 is 14.1 Å². The van der Waals surface area contributed by atoms with Gasteiger partial charge in [-0.3, -0.25) is 14.9 Å². The molecule has 30 heavy (non-hydrogen) atoms. The highest BCUT2D eigenvalue weighted by Gasteiger charge is 2.11. The van der Waals surface area contributed by atoms with Gasteiger partial charge in [0.05, 0.1) is 4.92 Å². The number of nitrogens with one attached hydrogen (secondary N) is 1. The first-order valence-corrected chi connectivity index (χ1v) is 9.40. The second-order valence-electron chi connectivity index (χ2n) is 7.11. The fraction of sp³-hybridized carbons (Fsp3) is 0.130. The number of nitro benzene ring substituents is 1. The summed E-state index contributed by atoms with van der Waals surface area (Å²) in [5.41, 5.74) is 6.00. The summed E-state index contributed by atoms with van der Waals surface area (Å²) in [5, 5.41) is 13.5. The molecule has 0 aliphatic carbocycles. The number of rotatable bonds is 5. The Morgan fingerprint density at radius 3 is 2.37 bits per heavy atom. The van der Waals surface area contributed by atoms with Crippen molar-refractivity contribution in [2.75, 3.05) is 0 Å². The Bertz CT molecular complexity index is 1200. The lowest BCUT2D eigenvalue weighted by Gasteiger charge is -2.06. The Morgan fingerprint density at radius 2 is 1.70 bits per heavy atom. The van der Waals surface area contributed by atoms with E-state index in [-0.39, 0.29) is 11.6 Å². The summed E-state index contributed by atoms with van der Waals surface area (Å²) >= 11 is 0. The summed E-state index contributed by atoms with van der Waals surface area (Å²) in [6.07, 6.45) is 0. The second-order valence-corrected chi connectivity index (χ2v) is 7.11. The lowest BCUT2D eigenvalue weighted by atomic mass is 10.1. The molecule has 1 aromatic heterocycles. The molecule has 0 saturated carbocycles. The largest absolute Gasteiger partial charge is 0.436 e. The fourth-order valence-electron chi connectivity index (χ4n) is 3.09. The SMILES string of the molecule is Cc1cc2nc(-c3ccc(CNC(=O)c4ccc([N+](=O)[O-])cc4)cc3)oc2cc1C. The zero-order chi connectivity index (χ0) is 21.3. The predicted octanol–water partition coefficient (Wildman–Crippen LogP) is 4.95. The molecular weight excluding hydrogens is 382 g/mol. The second kappa shape index (κ2) is 7.79. The van der Waals surface area contributed by atoms with Crippen molar-refractivity contribution in [3.05, 3.63) is 93.0 Å². The van der Waals surface area contributed by atoms with Gasteiger partial charge in [-0.25, -0.2) is 4.98 Å². The smallest absolute Gasteiger partial charge is 0.269 e. The maximum absolute atomic E-state index is 12.2. The summed E-state index contributed by atoms with van der Waals surface area (Å²) in [7, 11) is 0. The van der Waals surface area contributed by atoms with Gasteiger partial charge in [-0.2, -0.15) is 0 Å².